The second-order valence-corrected chi connectivity index (χ2v) is 5.33. The van der Waals surface area contributed by atoms with Crippen LogP contribution in [0.4, 0.5) is 0 Å². The van der Waals surface area contributed by atoms with Crippen LogP contribution in [0.25, 0.3) is 0 Å². The highest BCUT2D eigenvalue weighted by Crippen LogP contribution is 2.15. The Morgan fingerprint density at radius 3 is 2.81 bits per heavy atom. The molecule has 0 spiro atoms. The van der Waals surface area contributed by atoms with E-state index in [9.17, 15) is 0 Å². The molecule has 1 saturated heterocycles. The molecule has 94 valence electrons. The van der Waals surface area contributed by atoms with Gasteiger partial charge in [-0.1, -0.05) is 6.92 Å². The summed E-state index contributed by atoms with van der Waals surface area (Å²) in [5.74, 6) is 1.38. The zero-order valence-electron chi connectivity index (χ0n) is 11.0. The van der Waals surface area contributed by atoms with E-state index in [1.165, 1.54) is 12.8 Å². The molecule has 0 aliphatic carbocycles. The Hall–Kier alpha value is -0.770. The molecule has 1 aliphatic heterocycles. The van der Waals surface area contributed by atoms with Crippen molar-refractivity contribution in [3.05, 3.63) is 0 Å². The van der Waals surface area contributed by atoms with E-state index in [2.05, 4.69) is 16.8 Å². The van der Waals surface area contributed by atoms with Crippen LogP contribution in [0.3, 0.4) is 0 Å². The molecule has 4 heteroatoms. The molecule has 16 heavy (non-hydrogen) atoms. The van der Waals surface area contributed by atoms with Crippen LogP contribution < -0.4 is 5.73 Å². The maximum Gasteiger partial charge on any atom is 0.191 e. The van der Waals surface area contributed by atoms with E-state index in [0.29, 0.717) is 12.5 Å². The number of hydrogen-bond acceptors (Lipinski definition) is 2. The van der Waals surface area contributed by atoms with Gasteiger partial charge in [0.1, 0.15) is 0 Å². The molecule has 2 N–H and O–H groups in total. The average molecular weight is 227 g/mol. The number of methoxy groups -OCH3 is 1. The Bertz CT molecular complexity index is 251. The van der Waals surface area contributed by atoms with Crippen LogP contribution in [0.15, 0.2) is 4.99 Å². The molecule has 1 rings (SSSR count). The highest BCUT2D eigenvalue weighted by molar-refractivity contribution is 5.78. The number of aliphatic imine (C=N–C) groups is 1. The molecule has 4 nitrogen and oxygen atoms in total. The number of nitrogens with two attached hydrogens (primary N) is 1. The third-order valence-corrected chi connectivity index (χ3v) is 3.16. The van der Waals surface area contributed by atoms with E-state index in [1.54, 1.807) is 7.11 Å². The largest absolute Gasteiger partial charge is 0.377 e. The second-order valence-electron chi connectivity index (χ2n) is 5.33. The lowest BCUT2D eigenvalue weighted by Crippen LogP contribution is -2.44. The molecule has 0 aromatic heterocycles. The lowest BCUT2D eigenvalue weighted by Gasteiger charge is -2.32. The molecule has 0 radical (unpaired) electrons. The van der Waals surface area contributed by atoms with Gasteiger partial charge in [-0.05, 0) is 32.6 Å². The van der Waals surface area contributed by atoms with Gasteiger partial charge in [0.05, 0.1) is 12.1 Å². The standard InChI is InChI=1S/C12H25N3O/c1-10-6-5-7-15(8-10)11(13)14-9-12(2,3)16-4/h10H,5-9H2,1-4H3,(H2,13,14). The van der Waals surface area contributed by atoms with Gasteiger partial charge >= 0.3 is 0 Å². The normalized spacial score (nSPS) is 23.6. The monoisotopic (exact) mass is 227 g/mol. The molecule has 1 unspecified atom stereocenters. The first-order valence-corrected chi connectivity index (χ1v) is 6.04. The van der Waals surface area contributed by atoms with Crippen LogP contribution in [0.2, 0.25) is 0 Å². The van der Waals surface area contributed by atoms with Gasteiger partial charge in [-0.15, -0.1) is 0 Å². The maximum atomic E-state index is 5.99. The Kier molecular flexibility index (Phi) is 4.59. The van der Waals surface area contributed by atoms with Gasteiger partial charge in [-0.3, -0.25) is 4.99 Å². The number of ether oxygens (including phenoxy) is 1. The smallest absolute Gasteiger partial charge is 0.191 e. The van der Waals surface area contributed by atoms with Crippen molar-refractivity contribution >= 4 is 5.96 Å². The quantitative estimate of drug-likeness (QED) is 0.586. The fourth-order valence-electron chi connectivity index (χ4n) is 1.83. The Morgan fingerprint density at radius 2 is 2.25 bits per heavy atom. The van der Waals surface area contributed by atoms with E-state index >= 15 is 0 Å². The number of rotatable bonds is 3. The summed E-state index contributed by atoms with van der Waals surface area (Å²) < 4.78 is 5.32. The van der Waals surface area contributed by atoms with Crippen LogP contribution in [0.1, 0.15) is 33.6 Å². The SMILES string of the molecule is COC(C)(C)CN=C(N)N1CCCC(C)C1. The van der Waals surface area contributed by atoms with Crippen LogP contribution in [0, 0.1) is 5.92 Å². The fourth-order valence-corrected chi connectivity index (χ4v) is 1.83. The fraction of sp³-hybridized carbons (Fsp3) is 0.917. The minimum absolute atomic E-state index is 0.230. The van der Waals surface area contributed by atoms with Crippen molar-refractivity contribution in [2.45, 2.75) is 39.2 Å². The summed E-state index contributed by atoms with van der Waals surface area (Å²) in [5, 5.41) is 0. The van der Waals surface area contributed by atoms with E-state index in [4.69, 9.17) is 10.5 Å². The summed E-state index contributed by atoms with van der Waals surface area (Å²) in [4.78, 5) is 6.60. The Balaban J connectivity index is 2.49. The van der Waals surface area contributed by atoms with Crippen molar-refractivity contribution in [2.24, 2.45) is 16.6 Å². The van der Waals surface area contributed by atoms with E-state index in [-0.39, 0.29) is 5.60 Å². The topological polar surface area (TPSA) is 50.9 Å². The molecule has 1 fully saturated rings. The van der Waals surface area contributed by atoms with Crippen molar-refractivity contribution in [1.29, 1.82) is 0 Å². The summed E-state index contributed by atoms with van der Waals surface area (Å²) in [7, 11) is 1.70. The predicted octanol–water partition coefficient (Wildman–Crippen LogP) is 1.46. The van der Waals surface area contributed by atoms with E-state index < -0.39 is 0 Å². The molecule has 1 atom stereocenters. The second kappa shape index (κ2) is 5.53. The molecule has 0 aromatic carbocycles. The zero-order chi connectivity index (χ0) is 12.2. The van der Waals surface area contributed by atoms with Crippen LogP contribution in [0.5, 0.6) is 0 Å². The van der Waals surface area contributed by atoms with Gasteiger partial charge in [-0.25, -0.2) is 0 Å². The maximum absolute atomic E-state index is 5.99. The first-order chi connectivity index (χ1) is 7.44. The third kappa shape index (κ3) is 4.00. The van der Waals surface area contributed by atoms with E-state index in [1.807, 2.05) is 13.8 Å². The Labute approximate surface area is 98.9 Å². The molecule has 0 bridgehead atoms. The van der Waals surface area contributed by atoms with Gasteiger partial charge < -0.3 is 15.4 Å². The van der Waals surface area contributed by atoms with Crippen molar-refractivity contribution in [3.8, 4) is 0 Å². The van der Waals surface area contributed by atoms with Crippen molar-refractivity contribution in [2.75, 3.05) is 26.7 Å². The van der Waals surface area contributed by atoms with Crippen LogP contribution in [-0.2, 0) is 4.74 Å². The minimum Gasteiger partial charge on any atom is -0.377 e. The van der Waals surface area contributed by atoms with Crippen molar-refractivity contribution < 1.29 is 4.74 Å². The Morgan fingerprint density at radius 1 is 1.56 bits per heavy atom. The third-order valence-electron chi connectivity index (χ3n) is 3.16. The van der Waals surface area contributed by atoms with Crippen molar-refractivity contribution in [1.82, 2.24) is 4.90 Å². The summed E-state index contributed by atoms with van der Waals surface area (Å²) >= 11 is 0. The molecule has 1 heterocycles. The summed E-state index contributed by atoms with van der Waals surface area (Å²) in [6.45, 7) is 8.97. The number of piperidine rings is 1. The first kappa shape index (κ1) is 13.3. The zero-order valence-corrected chi connectivity index (χ0v) is 11.0. The van der Waals surface area contributed by atoms with E-state index in [0.717, 1.165) is 19.0 Å². The summed E-state index contributed by atoms with van der Waals surface area (Å²) in [6.07, 6.45) is 2.51. The predicted molar refractivity (Wildman–Crippen MR) is 67.5 cm³/mol. The number of likely N-dealkylation sites (tertiary alicyclic amines) is 1. The minimum atomic E-state index is -0.230. The highest BCUT2D eigenvalue weighted by atomic mass is 16.5. The average Bonchev–Trinajstić information content (AvgIpc) is 2.26. The van der Waals surface area contributed by atoms with Gasteiger partial charge in [0.2, 0.25) is 0 Å². The molecular weight excluding hydrogens is 202 g/mol. The number of nitrogens with zero attached hydrogens (tertiary/aromatic N) is 2. The summed E-state index contributed by atoms with van der Waals surface area (Å²) in [6, 6.07) is 0. The van der Waals surface area contributed by atoms with Crippen LogP contribution in [-0.4, -0.2) is 43.2 Å². The van der Waals surface area contributed by atoms with Gasteiger partial charge in [-0.2, -0.15) is 0 Å². The van der Waals surface area contributed by atoms with Crippen LogP contribution >= 0.6 is 0 Å². The number of guanidine groups is 1. The lowest BCUT2D eigenvalue weighted by molar-refractivity contribution is 0.0309. The molecular formula is C12H25N3O. The van der Waals surface area contributed by atoms with Crippen molar-refractivity contribution in [3.63, 3.8) is 0 Å². The summed E-state index contributed by atoms with van der Waals surface area (Å²) in [5.41, 5.74) is 5.76. The first-order valence-electron chi connectivity index (χ1n) is 6.04. The highest BCUT2D eigenvalue weighted by Gasteiger charge is 2.19. The number of hydrogen-bond donors (Lipinski definition) is 1. The molecule has 0 aromatic rings. The van der Waals surface area contributed by atoms with Gasteiger partial charge in [0, 0.05) is 20.2 Å². The lowest BCUT2D eigenvalue weighted by atomic mass is 10.0. The van der Waals surface area contributed by atoms with Gasteiger partial charge in [0.15, 0.2) is 5.96 Å². The van der Waals surface area contributed by atoms with Gasteiger partial charge in [0.25, 0.3) is 0 Å². The molecule has 0 saturated carbocycles. The molecule has 0 amide bonds. The molecule has 1 aliphatic rings.